The van der Waals surface area contributed by atoms with Crippen LogP contribution in [0.15, 0.2) is 41.3 Å². The summed E-state index contributed by atoms with van der Waals surface area (Å²) >= 11 is 0. The molecular weight excluding hydrogens is 268 g/mol. The van der Waals surface area contributed by atoms with Crippen LogP contribution < -0.4 is 5.32 Å². The summed E-state index contributed by atoms with van der Waals surface area (Å²) in [5.74, 6) is 0. The van der Waals surface area contributed by atoms with Crippen molar-refractivity contribution >= 4 is 6.21 Å². The van der Waals surface area contributed by atoms with Crippen LogP contribution in [0, 0.1) is 6.92 Å². The summed E-state index contributed by atoms with van der Waals surface area (Å²) in [6, 6.07) is 3.83. The molecule has 1 aliphatic heterocycles. The van der Waals surface area contributed by atoms with Crippen molar-refractivity contribution in [2.45, 2.75) is 26.8 Å². The van der Waals surface area contributed by atoms with Gasteiger partial charge < -0.3 is 10.1 Å². The zero-order valence-electron chi connectivity index (χ0n) is 11.9. The maximum absolute atomic E-state index is 5.61. The van der Waals surface area contributed by atoms with E-state index in [9.17, 15) is 0 Å². The van der Waals surface area contributed by atoms with Gasteiger partial charge in [0, 0.05) is 24.3 Å². The van der Waals surface area contributed by atoms with Crippen LogP contribution >= 0.6 is 0 Å². The lowest BCUT2D eigenvalue weighted by Crippen LogP contribution is -2.28. The van der Waals surface area contributed by atoms with E-state index in [0.717, 1.165) is 22.6 Å². The second-order valence-corrected chi connectivity index (χ2v) is 4.81. The summed E-state index contributed by atoms with van der Waals surface area (Å²) in [4.78, 5) is 8.37. The third-order valence-electron chi connectivity index (χ3n) is 2.94. The zero-order valence-corrected chi connectivity index (χ0v) is 11.9. The maximum atomic E-state index is 5.61. The van der Waals surface area contributed by atoms with Crippen LogP contribution in [0.4, 0.5) is 0 Å². The molecule has 3 rings (SSSR count). The van der Waals surface area contributed by atoms with E-state index in [4.69, 9.17) is 4.74 Å². The van der Waals surface area contributed by atoms with Gasteiger partial charge in [0.05, 0.1) is 18.5 Å². The molecule has 2 aromatic rings. The van der Waals surface area contributed by atoms with Crippen molar-refractivity contribution in [2.75, 3.05) is 0 Å². The molecule has 1 atom stereocenters. The molecule has 1 unspecified atom stereocenters. The Morgan fingerprint density at radius 2 is 2.29 bits per heavy atom. The normalized spacial score (nSPS) is 17.4. The molecule has 21 heavy (non-hydrogen) atoms. The van der Waals surface area contributed by atoms with Crippen molar-refractivity contribution in [3.05, 3.63) is 47.7 Å². The van der Waals surface area contributed by atoms with Crippen LogP contribution in [0.1, 0.15) is 18.3 Å². The molecule has 0 amide bonds. The Morgan fingerprint density at radius 3 is 3.05 bits per heavy atom. The fraction of sp³-hybridized carbons (Fsp3) is 0.286. The Hall–Kier alpha value is -2.54. The smallest absolute Gasteiger partial charge is 0.225 e. The molecule has 1 N–H and O–H groups in total. The molecule has 3 heterocycles. The Morgan fingerprint density at radius 1 is 1.38 bits per heavy atom. The lowest BCUT2D eigenvalue weighted by atomic mass is 10.3. The highest BCUT2D eigenvalue weighted by atomic mass is 16.5. The van der Waals surface area contributed by atoms with Gasteiger partial charge in [-0.25, -0.2) is 9.67 Å². The predicted octanol–water partition coefficient (Wildman–Crippen LogP) is 1.35. The Bertz CT molecular complexity index is 690. The minimum Gasteiger partial charge on any atom is -0.347 e. The minimum absolute atomic E-state index is 0.339. The summed E-state index contributed by atoms with van der Waals surface area (Å²) in [5, 5.41) is 11.2. The van der Waals surface area contributed by atoms with Gasteiger partial charge in [0.1, 0.15) is 5.69 Å². The van der Waals surface area contributed by atoms with E-state index in [2.05, 4.69) is 25.6 Å². The number of allylic oxidation sites excluding steroid dienone is 1. The average molecular weight is 284 g/mol. The molecule has 1 aliphatic rings. The molecule has 7 nitrogen and oxygen atoms in total. The van der Waals surface area contributed by atoms with Crippen molar-refractivity contribution in [2.24, 2.45) is 4.99 Å². The molecule has 0 fully saturated rings. The summed E-state index contributed by atoms with van der Waals surface area (Å²) in [6.45, 7) is 4.24. The molecular formula is C14H16N6O. The van der Waals surface area contributed by atoms with E-state index < -0.39 is 0 Å². The van der Waals surface area contributed by atoms with Crippen LogP contribution in [-0.2, 0) is 11.3 Å². The number of rotatable bonds is 4. The molecule has 108 valence electrons. The maximum Gasteiger partial charge on any atom is 0.225 e. The number of nitrogens with one attached hydrogen (secondary N) is 1. The molecule has 0 aliphatic carbocycles. The largest absolute Gasteiger partial charge is 0.347 e. The van der Waals surface area contributed by atoms with Crippen molar-refractivity contribution in [1.82, 2.24) is 25.3 Å². The van der Waals surface area contributed by atoms with Gasteiger partial charge in [-0.3, -0.25) is 4.98 Å². The van der Waals surface area contributed by atoms with Crippen molar-refractivity contribution in [1.29, 1.82) is 0 Å². The van der Waals surface area contributed by atoms with E-state index in [1.807, 2.05) is 38.4 Å². The summed E-state index contributed by atoms with van der Waals surface area (Å²) in [7, 11) is 0. The van der Waals surface area contributed by atoms with Gasteiger partial charge >= 0.3 is 0 Å². The predicted molar refractivity (Wildman–Crippen MR) is 77.9 cm³/mol. The first-order chi connectivity index (χ1) is 10.2. The third-order valence-corrected chi connectivity index (χ3v) is 2.94. The molecule has 0 radical (unpaired) electrons. The quantitative estimate of drug-likeness (QED) is 0.917. The number of hydrogen-bond acceptors (Lipinski definition) is 6. The van der Waals surface area contributed by atoms with E-state index in [-0.39, 0.29) is 6.35 Å². The second-order valence-electron chi connectivity index (χ2n) is 4.81. The average Bonchev–Trinajstić information content (AvgIpc) is 2.96. The molecule has 0 bridgehead atoms. The van der Waals surface area contributed by atoms with Crippen molar-refractivity contribution < 1.29 is 4.74 Å². The molecule has 0 saturated heterocycles. The number of hydrogen-bond donors (Lipinski definition) is 1. The zero-order chi connectivity index (χ0) is 14.7. The van der Waals surface area contributed by atoms with Gasteiger partial charge in [0.2, 0.25) is 6.35 Å². The Kier molecular flexibility index (Phi) is 3.74. The lowest BCUT2D eigenvalue weighted by Gasteiger charge is -2.16. The lowest BCUT2D eigenvalue weighted by molar-refractivity contribution is 0.0306. The Labute approximate surface area is 122 Å². The highest BCUT2D eigenvalue weighted by Gasteiger charge is 2.09. The van der Waals surface area contributed by atoms with Crippen LogP contribution in [-0.4, -0.2) is 32.5 Å². The monoisotopic (exact) mass is 284 g/mol. The molecule has 2 aromatic heterocycles. The number of aryl methyl sites for hydroxylation is 1. The van der Waals surface area contributed by atoms with E-state index >= 15 is 0 Å². The van der Waals surface area contributed by atoms with Crippen molar-refractivity contribution in [3.8, 4) is 5.69 Å². The molecule has 0 saturated carbocycles. The Balaban J connectivity index is 1.62. The van der Waals surface area contributed by atoms with Gasteiger partial charge in [-0.05, 0) is 31.6 Å². The first kappa shape index (κ1) is 13.4. The number of aliphatic imine (C=N–C) groups is 1. The SMILES string of the molecule is CC1=CNC(OCc2cn(-c3ccnc(C)c3)nn2)N=C1. The highest BCUT2D eigenvalue weighted by Crippen LogP contribution is 2.09. The van der Waals surface area contributed by atoms with Crippen LogP contribution in [0.5, 0.6) is 0 Å². The number of nitrogens with zero attached hydrogens (tertiary/aromatic N) is 5. The first-order valence-electron chi connectivity index (χ1n) is 6.62. The van der Waals surface area contributed by atoms with Crippen LogP contribution in [0.3, 0.4) is 0 Å². The molecule has 7 heteroatoms. The number of pyridine rings is 1. The van der Waals surface area contributed by atoms with Gasteiger partial charge in [0.25, 0.3) is 0 Å². The summed E-state index contributed by atoms with van der Waals surface area (Å²) in [6.07, 6.45) is 6.86. The number of aromatic nitrogens is 4. The van der Waals surface area contributed by atoms with Crippen molar-refractivity contribution in [3.63, 3.8) is 0 Å². The fourth-order valence-electron chi connectivity index (χ4n) is 1.89. The summed E-state index contributed by atoms with van der Waals surface area (Å²) < 4.78 is 7.31. The fourth-order valence-corrected chi connectivity index (χ4v) is 1.89. The highest BCUT2D eigenvalue weighted by molar-refractivity contribution is 5.78. The van der Waals surface area contributed by atoms with Gasteiger partial charge in [-0.1, -0.05) is 5.21 Å². The standard InChI is InChI=1S/C14H16N6O/c1-10-6-16-14(17-7-10)21-9-12-8-20(19-18-12)13-3-4-15-11(2)5-13/h3-8,14,16H,9H2,1-2H3. The van der Waals surface area contributed by atoms with Gasteiger partial charge in [0.15, 0.2) is 0 Å². The van der Waals surface area contributed by atoms with Gasteiger partial charge in [-0.15, -0.1) is 5.10 Å². The van der Waals surface area contributed by atoms with E-state index in [1.165, 1.54) is 0 Å². The second kappa shape index (κ2) is 5.84. The van der Waals surface area contributed by atoms with Crippen LogP contribution in [0.25, 0.3) is 5.69 Å². The third kappa shape index (κ3) is 3.32. The molecule has 0 spiro atoms. The number of ether oxygens (including phenoxy) is 1. The van der Waals surface area contributed by atoms with Crippen LogP contribution in [0.2, 0.25) is 0 Å². The minimum atomic E-state index is -0.373. The topological polar surface area (TPSA) is 77.2 Å². The molecule has 0 aromatic carbocycles. The first-order valence-corrected chi connectivity index (χ1v) is 6.62. The van der Waals surface area contributed by atoms with E-state index in [1.54, 1.807) is 17.1 Å². The van der Waals surface area contributed by atoms with Gasteiger partial charge in [-0.2, -0.15) is 0 Å². The summed E-state index contributed by atoms with van der Waals surface area (Å²) in [5.41, 5.74) is 3.67. The van der Waals surface area contributed by atoms with E-state index in [0.29, 0.717) is 6.61 Å².